The molecule has 2 unspecified atom stereocenters. The van der Waals surface area contributed by atoms with Gasteiger partial charge in [0.1, 0.15) is 0 Å². The normalized spacial score (nSPS) is 15.4. The van der Waals surface area contributed by atoms with Crippen LogP contribution in [0.15, 0.2) is 0 Å². The molecule has 0 saturated heterocycles. The highest BCUT2D eigenvalue weighted by Gasteiger charge is 2.55. The van der Waals surface area contributed by atoms with Crippen LogP contribution < -0.4 is 0 Å². The van der Waals surface area contributed by atoms with E-state index in [2.05, 4.69) is 80.8 Å². The Hall–Kier alpha value is 0.978. The summed E-state index contributed by atoms with van der Waals surface area (Å²) in [7, 11) is -8.63. The van der Waals surface area contributed by atoms with Crippen molar-refractivity contribution in [3.8, 4) is 0 Å². The first-order valence-corrected chi connectivity index (χ1v) is 25.7. The lowest BCUT2D eigenvalue weighted by atomic mass is 10.5. The first-order valence-electron chi connectivity index (χ1n) is 13.7. The Bertz CT molecular complexity index is 465. The van der Waals surface area contributed by atoms with Crippen molar-refractivity contribution >= 4 is 45.5 Å². The smallest absolute Gasteiger partial charge is 0.374 e. The van der Waals surface area contributed by atoms with Crippen LogP contribution in [-0.4, -0.2) is 84.9 Å². The molecule has 0 aliphatic rings. The van der Waals surface area contributed by atoms with Crippen LogP contribution in [0.2, 0.25) is 49.6 Å². The van der Waals surface area contributed by atoms with Crippen LogP contribution in [0.3, 0.4) is 0 Å². The third-order valence-electron chi connectivity index (χ3n) is 6.12. The molecule has 0 N–H and O–H groups in total. The van der Waals surface area contributed by atoms with E-state index >= 15 is 0 Å². The maximum atomic E-state index is 6.35. The molecule has 6 nitrogen and oxygen atoms in total. The zero-order chi connectivity index (χ0) is 27.2. The van der Waals surface area contributed by atoms with E-state index in [0.717, 1.165) is 24.3 Å². The third-order valence-corrected chi connectivity index (χ3v) is 25.7. The molecule has 0 aromatic heterocycles. The van der Waals surface area contributed by atoms with Crippen molar-refractivity contribution in [3.05, 3.63) is 0 Å². The fourth-order valence-corrected chi connectivity index (χ4v) is 23.8. The van der Waals surface area contributed by atoms with Gasteiger partial charge in [-0.1, -0.05) is 39.3 Å². The Kier molecular flexibility index (Phi) is 18.0. The minimum absolute atomic E-state index is 0.388. The van der Waals surface area contributed by atoms with E-state index in [9.17, 15) is 0 Å². The summed E-state index contributed by atoms with van der Waals surface area (Å²) in [6.07, 6.45) is 2.16. The molecule has 0 radical (unpaired) electrons. The molecule has 0 saturated carbocycles. The standard InChI is InChI=1S/C24H58O6SSi4/c1-13-25-34(26-14-2,27-15-3)23(32(7,8)9)19-21-31-22-20-24(33(10,11)12)35(28-16-4,29-17-5)30-18-6/h23-24H,13-22H2,1-12H3. The Morgan fingerprint density at radius 2 is 0.686 bits per heavy atom. The van der Waals surface area contributed by atoms with Crippen molar-refractivity contribution < 1.29 is 26.6 Å². The SMILES string of the molecule is CCO[Si](OCC)(OCC)C(CCSCCC([Si](C)(C)C)[Si](OCC)(OCC)OCC)[Si](C)(C)C. The first-order chi connectivity index (χ1) is 16.3. The summed E-state index contributed by atoms with van der Waals surface area (Å²) in [5.41, 5.74) is 0. The van der Waals surface area contributed by atoms with Gasteiger partial charge in [-0.15, -0.1) is 0 Å². The minimum Gasteiger partial charge on any atom is -0.374 e. The van der Waals surface area contributed by atoms with Crippen LogP contribution in [0.4, 0.5) is 0 Å². The molecular formula is C24H58O6SSi4. The van der Waals surface area contributed by atoms with Crippen LogP contribution in [0.1, 0.15) is 54.4 Å². The Morgan fingerprint density at radius 1 is 0.457 bits per heavy atom. The summed E-state index contributed by atoms with van der Waals surface area (Å²) >= 11 is 2.04. The molecule has 2 atom stereocenters. The average Bonchev–Trinajstić information content (AvgIpc) is 2.72. The van der Waals surface area contributed by atoms with E-state index in [4.69, 9.17) is 26.6 Å². The second-order valence-corrected chi connectivity index (χ2v) is 29.6. The minimum atomic E-state index is -2.73. The zero-order valence-electron chi connectivity index (χ0n) is 25.1. The van der Waals surface area contributed by atoms with E-state index in [1.54, 1.807) is 0 Å². The summed E-state index contributed by atoms with van der Waals surface area (Å²) in [6, 6.07) is 0. The molecule has 0 fully saturated rings. The van der Waals surface area contributed by atoms with Gasteiger partial charge in [-0.05, 0) is 65.9 Å². The van der Waals surface area contributed by atoms with Crippen LogP contribution in [0.25, 0.3) is 0 Å². The monoisotopic (exact) mass is 586 g/mol. The van der Waals surface area contributed by atoms with Gasteiger partial charge in [0.15, 0.2) is 0 Å². The van der Waals surface area contributed by atoms with Crippen molar-refractivity contribution in [2.24, 2.45) is 0 Å². The van der Waals surface area contributed by atoms with Crippen LogP contribution in [0, 0.1) is 0 Å². The molecule has 0 heterocycles. The highest BCUT2D eigenvalue weighted by molar-refractivity contribution is 7.99. The van der Waals surface area contributed by atoms with Crippen molar-refractivity contribution in [3.63, 3.8) is 0 Å². The molecule has 0 rings (SSSR count). The van der Waals surface area contributed by atoms with Gasteiger partial charge in [0.05, 0.1) is 16.1 Å². The molecule has 0 amide bonds. The van der Waals surface area contributed by atoms with Crippen LogP contribution >= 0.6 is 11.8 Å². The lowest BCUT2D eigenvalue weighted by molar-refractivity contribution is 0.0662. The molecular weight excluding hydrogens is 529 g/mol. The molecule has 0 spiro atoms. The Balaban J connectivity index is 5.52. The van der Waals surface area contributed by atoms with Crippen molar-refractivity contribution in [1.29, 1.82) is 0 Å². The molecule has 0 aliphatic heterocycles. The van der Waals surface area contributed by atoms with E-state index < -0.39 is 33.8 Å². The number of hydrogen-bond acceptors (Lipinski definition) is 7. The second kappa shape index (κ2) is 17.5. The molecule has 35 heavy (non-hydrogen) atoms. The number of rotatable bonds is 22. The summed E-state index contributed by atoms with van der Waals surface area (Å²) in [6.45, 7) is 30.7. The lowest BCUT2D eigenvalue weighted by Gasteiger charge is -2.41. The first kappa shape index (κ1) is 36.0. The van der Waals surface area contributed by atoms with Gasteiger partial charge in [-0.25, -0.2) is 0 Å². The number of thioether (sulfide) groups is 1. The molecule has 0 aromatic carbocycles. The van der Waals surface area contributed by atoms with E-state index in [0.29, 0.717) is 50.0 Å². The Labute approximate surface area is 226 Å². The van der Waals surface area contributed by atoms with Crippen molar-refractivity contribution in [2.75, 3.05) is 51.1 Å². The van der Waals surface area contributed by atoms with E-state index in [1.807, 2.05) is 11.8 Å². The molecule has 11 heteroatoms. The van der Waals surface area contributed by atoms with E-state index in [1.165, 1.54) is 0 Å². The third kappa shape index (κ3) is 11.7. The summed E-state index contributed by atoms with van der Waals surface area (Å²) in [4.78, 5) is 0. The molecule has 0 aliphatic carbocycles. The van der Waals surface area contributed by atoms with Crippen molar-refractivity contribution in [2.45, 2.75) is 104 Å². The summed E-state index contributed by atoms with van der Waals surface area (Å²) < 4.78 is 38.1. The Morgan fingerprint density at radius 3 is 0.857 bits per heavy atom. The summed E-state index contributed by atoms with van der Waals surface area (Å²) in [5, 5.41) is 0.776. The quantitative estimate of drug-likeness (QED) is 0.0991. The van der Waals surface area contributed by atoms with Gasteiger partial charge in [0.2, 0.25) is 0 Å². The fourth-order valence-electron chi connectivity index (χ4n) is 4.85. The van der Waals surface area contributed by atoms with Crippen molar-refractivity contribution in [1.82, 2.24) is 0 Å². The van der Waals surface area contributed by atoms with Gasteiger partial charge in [0, 0.05) is 50.0 Å². The highest BCUT2D eigenvalue weighted by atomic mass is 32.2. The molecule has 212 valence electrons. The average molecular weight is 587 g/mol. The maximum Gasteiger partial charge on any atom is 0.501 e. The van der Waals surface area contributed by atoms with Gasteiger partial charge in [-0.3, -0.25) is 0 Å². The predicted octanol–water partition coefficient (Wildman–Crippen LogP) is 7.09. The van der Waals surface area contributed by atoms with Gasteiger partial charge < -0.3 is 26.6 Å². The molecule has 0 bridgehead atoms. The van der Waals surface area contributed by atoms with Crippen LogP contribution in [-0.2, 0) is 26.6 Å². The van der Waals surface area contributed by atoms with Gasteiger partial charge in [0.25, 0.3) is 0 Å². The van der Waals surface area contributed by atoms with Gasteiger partial charge in [-0.2, -0.15) is 11.8 Å². The van der Waals surface area contributed by atoms with E-state index in [-0.39, 0.29) is 0 Å². The summed E-state index contributed by atoms with van der Waals surface area (Å²) in [5.74, 6) is 2.17. The largest absolute Gasteiger partial charge is 0.501 e. The molecule has 0 aromatic rings. The lowest BCUT2D eigenvalue weighted by Crippen LogP contribution is -2.57. The predicted molar refractivity (Wildman–Crippen MR) is 162 cm³/mol. The fraction of sp³-hybridized carbons (Fsp3) is 1.00. The highest BCUT2D eigenvalue weighted by Crippen LogP contribution is 2.41. The van der Waals surface area contributed by atoms with Gasteiger partial charge >= 0.3 is 17.6 Å². The maximum absolute atomic E-state index is 6.35. The topological polar surface area (TPSA) is 55.4 Å². The van der Waals surface area contributed by atoms with Crippen LogP contribution in [0.5, 0.6) is 0 Å². The second-order valence-electron chi connectivity index (χ2n) is 10.8. The number of hydrogen-bond donors (Lipinski definition) is 0. The zero-order valence-corrected chi connectivity index (χ0v) is 29.9.